The Bertz CT molecular complexity index is 179. The van der Waals surface area contributed by atoms with E-state index in [1.807, 2.05) is 6.92 Å². The van der Waals surface area contributed by atoms with Crippen LogP contribution in [0.25, 0.3) is 0 Å². The average Bonchev–Trinajstić information content (AvgIpc) is 2.50. The molecule has 0 amide bonds. The lowest BCUT2D eigenvalue weighted by Gasteiger charge is -2.06. The van der Waals surface area contributed by atoms with Crippen LogP contribution in [0.4, 0.5) is 4.39 Å². The van der Waals surface area contributed by atoms with Crippen molar-refractivity contribution in [1.82, 2.24) is 0 Å². The molecule has 0 heterocycles. The van der Waals surface area contributed by atoms with Crippen LogP contribution in [0, 0.1) is 5.92 Å². The molecule has 21 heavy (non-hydrogen) atoms. The molecule has 0 aliphatic rings. The van der Waals surface area contributed by atoms with Gasteiger partial charge >= 0.3 is 0 Å². The van der Waals surface area contributed by atoms with Gasteiger partial charge in [0.25, 0.3) is 0 Å². The summed E-state index contributed by atoms with van der Waals surface area (Å²) in [6.07, 6.45) is 22.1. The highest BCUT2D eigenvalue weighted by atomic mass is 19.1. The molecule has 0 nitrogen and oxygen atoms in total. The molecule has 0 N–H and O–H groups in total. The molecule has 0 radical (unpaired) electrons. The Hall–Kier alpha value is -0.0700. The molecular weight excluding hydrogens is 259 g/mol. The van der Waals surface area contributed by atoms with Crippen LogP contribution >= 0.6 is 0 Å². The van der Waals surface area contributed by atoms with Crippen molar-refractivity contribution in [3.8, 4) is 0 Å². The Morgan fingerprint density at radius 2 is 0.905 bits per heavy atom. The first kappa shape index (κ1) is 20.9. The lowest BCUT2D eigenvalue weighted by Crippen LogP contribution is -1.96. The second kappa shape index (κ2) is 18.0. The van der Waals surface area contributed by atoms with Gasteiger partial charge < -0.3 is 0 Å². The highest BCUT2D eigenvalue weighted by molar-refractivity contribution is 4.53. The summed E-state index contributed by atoms with van der Waals surface area (Å²) in [7, 11) is 0. The molecule has 0 rings (SSSR count). The molecular formula is C20H41F. The summed E-state index contributed by atoms with van der Waals surface area (Å²) >= 11 is 0. The molecule has 0 aromatic rings. The first-order chi connectivity index (χ1) is 10.3. The Morgan fingerprint density at radius 3 is 1.24 bits per heavy atom. The van der Waals surface area contributed by atoms with Gasteiger partial charge in [-0.1, -0.05) is 110 Å². The van der Waals surface area contributed by atoms with Gasteiger partial charge in [-0.15, -0.1) is 0 Å². The average molecular weight is 301 g/mol. The van der Waals surface area contributed by atoms with Crippen LogP contribution < -0.4 is 0 Å². The summed E-state index contributed by atoms with van der Waals surface area (Å²) in [6, 6.07) is 0. The van der Waals surface area contributed by atoms with Crippen molar-refractivity contribution in [3.05, 3.63) is 0 Å². The van der Waals surface area contributed by atoms with E-state index >= 15 is 0 Å². The van der Waals surface area contributed by atoms with E-state index in [1.165, 1.54) is 96.3 Å². The first-order valence-electron chi connectivity index (χ1n) is 9.87. The molecule has 0 aromatic carbocycles. The SMILES string of the molecule is CCCCCCCCCCCCCCCCCC(C)CF. The smallest absolute Gasteiger partial charge is 0.0919 e. The fraction of sp³-hybridized carbons (Fsp3) is 1.00. The van der Waals surface area contributed by atoms with Crippen LogP contribution in [0.1, 0.15) is 117 Å². The largest absolute Gasteiger partial charge is 0.251 e. The number of hydrogen-bond donors (Lipinski definition) is 0. The second-order valence-electron chi connectivity index (χ2n) is 7.00. The van der Waals surface area contributed by atoms with Gasteiger partial charge in [0.2, 0.25) is 0 Å². The van der Waals surface area contributed by atoms with Crippen molar-refractivity contribution in [2.24, 2.45) is 5.92 Å². The lowest BCUT2D eigenvalue weighted by atomic mass is 10.0. The van der Waals surface area contributed by atoms with Crippen molar-refractivity contribution in [2.45, 2.75) is 117 Å². The molecule has 128 valence electrons. The maximum atomic E-state index is 12.3. The molecule has 0 fully saturated rings. The van der Waals surface area contributed by atoms with Crippen molar-refractivity contribution in [1.29, 1.82) is 0 Å². The molecule has 0 aliphatic carbocycles. The van der Waals surface area contributed by atoms with Gasteiger partial charge in [-0.3, -0.25) is 4.39 Å². The van der Waals surface area contributed by atoms with E-state index in [4.69, 9.17) is 0 Å². The van der Waals surface area contributed by atoms with Gasteiger partial charge in [0, 0.05) is 0 Å². The van der Waals surface area contributed by atoms with Gasteiger partial charge in [0.1, 0.15) is 0 Å². The fourth-order valence-electron chi connectivity index (χ4n) is 2.94. The van der Waals surface area contributed by atoms with Gasteiger partial charge in [-0.2, -0.15) is 0 Å². The summed E-state index contributed by atoms with van der Waals surface area (Å²) in [5, 5.41) is 0. The summed E-state index contributed by atoms with van der Waals surface area (Å²) in [6.45, 7) is 4.16. The van der Waals surface area contributed by atoms with Gasteiger partial charge in [-0.25, -0.2) is 0 Å². The maximum Gasteiger partial charge on any atom is 0.0919 e. The predicted molar refractivity (Wildman–Crippen MR) is 94.7 cm³/mol. The number of unbranched alkanes of at least 4 members (excludes halogenated alkanes) is 14. The number of rotatable bonds is 17. The Labute approximate surface area is 134 Å². The zero-order valence-corrected chi connectivity index (χ0v) is 15.0. The van der Waals surface area contributed by atoms with Crippen molar-refractivity contribution in [3.63, 3.8) is 0 Å². The number of hydrogen-bond acceptors (Lipinski definition) is 0. The minimum atomic E-state index is -0.140. The van der Waals surface area contributed by atoms with E-state index in [-0.39, 0.29) is 12.6 Å². The molecule has 0 spiro atoms. The lowest BCUT2D eigenvalue weighted by molar-refractivity contribution is 0.355. The van der Waals surface area contributed by atoms with Crippen LogP contribution in [-0.2, 0) is 0 Å². The summed E-state index contributed by atoms with van der Waals surface area (Å²) in [5.74, 6) is 0.284. The Kier molecular flexibility index (Phi) is 17.9. The van der Waals surface area contributed by atoms with Gasteiger partial charge in [-0.05, 0) is 12.3 Å². The molecule has 0 bridgehead atoms. The van der Waals surface area contributed by atoms with Crippen LogP contribution in [0.15, 0.2) is 0 Å². The quantitative estimate of drug-likeness (QED) is 0.240. The van der Waals surface area contributed by atoms with Crippen LogP contribution in [0.2, 0.25) is 0 Å². The van der Waals surface area contributed by atoms with Gasteiger partial charge in [0.05, 0.1) is 6.67 Å². The first-order valence-corrected chi connectivity index (χ1v) is 9.87. The Balaban J connectivity index is 2.96. The standard InChI is InChI=1S/C20H41F/c1-3-4-5-6-7-8-9-10-11-12-13-14-15-16-17-18-20(2)19-21/h20H,3-19H2,1-2H3. The number of alkyl halides is 1. The van der Waals surface area contributed by atoms with E-state index in [2.05, 4.69) is 6.92 Å². The van der Waals surface area contributed by atoms with E-state index in [0.29, 0.717) is 0 Å². The molecule has 0 aromatic heterocycles. The number of halogens is 1. The zero-order valence-electron chi connectivity index (χ0n) is 15.0. The molecule has 1 heteroatoms. The topological polar surface area (TPSA) is 0 Å². The highest BCUT2D eigenvalue weighted by Crippen LogP contribution is 2.15. The van der Waals surface area contributed by atoms with E-state index in [1.54, 1.807) is 0 Å². The predicted octanol–water partition coefficient (Wildman–Crippen LogP) is 7.85. The van der Waals surface area contributed by atoms with E-state index in [9.17, 15) is 4.39 Å². The van der Waals surface area contributed by atoms with Crippen molar-refractivity contribution in [2.75, 3.05) is 6.67 Å². The summed E-state index contributed by atoms with van der Waals surface area (Å²) < 4.78 is 12.3. The monoisotopic (exact) mass is 300 g/mol. The van der Waals surface area contributed by atoms with E-state index < -0.39 is 0 Å². The third-order valence-electron chi connectivity index (χ3n) is 4.56. The summed E-state index contributed by atoms with van der Waals surface area (Å²) in [5.41, 5.74) is 0. The Morgan fingerprint density at radius 1 is 0.571 bits per heavy atom. The van der Waals surface area contributed by atoms with E-state index in [0.717, 1.165) is 6.42 Å². The second-order valence-corrected chi connectivity index (χ2v) is 7.00. The van der Waals surface area contributed by atoms with Crippen molar-refractivity contribution >= 4 is 0 Å². The molecule has 1 unspecified atom stereocenters. The van der Waals surface area contributed by atoms with Gasteiger partial charge in [0.15, 0.2) is 0 Å². The van der Waals surface area contributed by atoms with Crippen LogP contribution in [0.3, 0.4) is 0 Å². The normalized spacial score (nSPS) is 12.7. The summed E-state index contributed by atoms with van der Waals surface area (Å²) in [4.78, 5) is 0. The molecule has 1 atom stereocenters. The van der Waals surface area contributed by atoms with Crippen LogP contribution in [-0.4, -0.2) is 6.67 Å². The molecule has 0 saturated carbocycles. The molecule has 0 aliphatic heterocycles. The minimum absolute atomic E-state index is 0.140. The van der Waals surface area contributed by atoms with Crippen LogP contribution in [0.5, 0.6) is 0 Å². The third-order valence-corrected chi connectivity index (χ3v) is 4.56. The maximum absolute atomic E-state index is 12.3. The molecule has 0 saturated heterocycles. The minimum Gasteiger partial charge on any atom is -0.251 e. The fourth-order valence-corrected chi connectivity index (χ4v) is 2.94. The van der Waals surface area contributed by atoms with Crippen molar-refractivity contribution < 1.29 is 4.39 Å². The highest BCUT2D eigenvalue weighted by Gasteiger charge is 2.00. The third kappa shape index (κ3) is 17.9. The zero-order chi connectivity index (χ0) is 15.6.